The first kappa shape index (κ1) is 14.2. The molecule has 0 aromatic carbocycles. The maximum atomic E-state index is 6.23. The van der Waals surface area contributed by atoms with E-state index in [1.807, 2.05) is 17.6 Å². The van der Waals surface area contributed by atoms with Gasteiger partial charge in [0.2, 0.25) is 0 Å². The Balaban J connectivity index is 2.12. The van der Waals surface area contributed by atoms with Crippen LogP contribution in [0.2, 0.25) is 5.15 Å². The van der Waals surface area contributed by atoms with E-state index in [9.17, 15) is 0 Å². The van der Waals surface area contributed by atoms with Gasteiger partial charge in [-0.1, -0.05) is 24.9 Å². The number of rotatable bonds is 3. The highest BCUT2D eigenvalue weighted by Crippen LogP contribution is 2.27. The summed E-state index contributed by atoms with van der Waals surface area (Å²) in [7, 11) is 0. The Bertz CT molecular complexity index is 772. The van der Waals surface area contributed by atoms with Gasteiger partial charge in [-0.25, -0.2) is 9.97 Å². The van der Waals surface area contributed by atoms with Gasteiger partial charge in [0.1, 0.15) is 5.15 Å². The Morgan fingerprint density at radius 3 is 3.00 bits per heavy atom. The topological polar surface area (TPSA) is 38.7 Å². The Labute approximate surface area is 139 Å². The summed E-state index contributed by atoms with van der Waals surface area (Å²) in [5, 5.41) is 2.55. The zero-order chi connectivity index (χ0) is 14.1. The van der Waals surface area contributed by atoms with Crippen LogP contribution in [0.5, 0.6) is 0 Å². The van der Waals surface area contributed by atoms with Crippen LogP contribution in [-0.2, 0) is 6.42 Å². The van der Waals surface area contributed by atoms with Crippen molar-refractivity contribution in [2.45, 2.75) is 19.8 Å². The smallest absolute Gasteiger partial charge is 0.162 e. The molecule has 20 heavy (non-hydrogen) atoms. The number of pyridine rings is 1. The number of halogens is 2. The Kier molecular flexibility index (Phi) is 4.18. The zero-order valence-electron chi connectivity index (χ0n) is 10.7. The molecule has 0 spiro atoms. The van der Waals surface area contributed by atoms with Crippen molar-refractivity contribution in [3.05, 3.63) is 38.1 Å². The molecule has 0 N–H and O–H groups in total. The van der Waals surface area contributed by atoms with Gasteiger partial charge in [-0.15, -0.1) is 11.3 Å². The molecule has 0 unspecified atom stereocenters. The van der Waals surface area contributed by atoms with E-state index in [1.54, 1.807) is 11.3 Å². The second kappa shape index (κ2) is 5.91. The molecule has 3 aromatic heterocycles. The van der Waals surface area contributed by atoms with Crippen LogP contribution in [-0.4, -0.2) is 15.0 Å². The predicted molar refractivity (Wildman–Crippen MR) is 92.4 cm³/mol. The second-order valence-electron chi connectivity index (χ2n) is 4.38. The molecule has 0 aliphatic rings. The average molecular weight is 416 g/mol. The second-order valence-corrected chi connectivity index (χ2v) is 6.76. The average Bonchev–Trinajstić information content (AvgIpc) is 2.91. The van der Waals surface area contributed by atoms with Crippen molar-refractivity contribution in [1.29, 1.82) is 0 Å². The molecule has 6 heteroatoms. The quantitative estimate of drug-likeness (QED) is 0.448. The Morgan fingerprint density at radius 1 is 1.35 bits per heavy atom. The predicted octanol–water partition coefficient (Wildman–Crippen LogP) is 4.96. The van der Waals surface area contributed by atoms with E-state index in [0.717, 1.165) is 37.9 Å². The molecule has 0 saturated heterocycles. The van der Waals surface area contributed by atoms with Gasteiger partial charge in [0.25, 0.3) is 0 Å². The Hall–Kier alpha value is -0.790. The minimum Gasteiger partial charge on any atom is -0.255 e. The van der Waals surface area contributed by atoms with Gasteiger partial charge in [-0.3, -0.25) is 4.98 Å². The fraction of sp³-hybridized carbons (Fsp3) is 0.214. The number of hydrogen-bond acceptors (Lipinski definition) is 4. The molecule has 0 radical (unpaired) electrons. The molecule has 0 aliphatic heterocycles. The molecular weight excluding hydrogens is 405 g/mol. The SMILES string of the molecule is CCCc1nc(-c2cnc3ccsc3c2)nc(Cl)c1I. The highest BCUT2D eigenvalue weighted by molar-refractivity contribution is 14.1. The van der Waals surface area contributed by atoms with E-state index in [4.69, 9.17) is 11.6 Å². The molecule has 0 aliphatic carbocycles. The van der Waals surface area contributed by atoms with Crippen LogP contribution < -0.4 is 0 Å². The molecule has 3 rings (SSSR count). The largest absolute Gasteiger partial charge is 0.255 e. The minimum atomic E-state index is 0.519. The summed E-state index contributed by atoms with van der Waals surface area (Å²) in [5.41, 5.74) is 2.93. The van der Waals surface area contributed by atoms with Crippen molar-refractivity contribution in [3.63, 3.8) is 0 Å². The molecule has 3 nitrogen and oxygen atoms in total. The highest BCUT2D eigenvalue weighted by atomic mass is 127. The van der Waals surface area contributed by atoms with Crippen LogP contribution >= 0.6 is 45.5 Å². The first-order valence-corrected chi connectivity index (χ1v) is 8.58. The third-order valence-corrected chi connectivity index (χ3v) is 5.51. The van der Waals surface area contributed by atoms with Crippen LogP contribution in [0.1, 0.15) is 19.0 Å². The van der Waals surface area contributed by atoms with E-state index >= 15 is 0 Å². The number of nitrogens with zero attached hydrogens (tertiary/aromatic N) is 3. The van der Waals surface area contributed by atoms with Gasteiger partial charge < -0.3 is 0 Å². The summed E-state index contributed by atoms with van der Waals surface area (Å²) in [6.45, 7) is 2.13. The van der Waals surface area contributed by atoms with Crippen LogP contribution in [0.15, 0.2) is 23.7 Å². The van der Waals surface area contributed by atoms with Crippen LogP contribution in [0.3, 0.4) is 0 Å². The van der Waals surface area contributed by atoms with Crippen molar-refractivity contribution in [2.24, 2.45) is 0 Å². The molecular formula is C14H11ClIN3S. The maximum absolute atomic E-state index is 6.23. The van der Waals surface area contributed by atoms with Gasteiger partial charge in [0.05, 0.1) is 19.5 Å². The fourth-order valence-corrected chi connectivity index (χ4v) is 3.44. The van der Waals surface area contributed by atoms with E-state index in [2.05, 4.69) is 50.5 Å². The normalized spacial score (nSPS) is 11.2. The highest BCUT2D eigenvalue weighted by Gasteiger charge is 2.12. The van der Waals surface area contributed by atoms with Crippen molar-refractivity contribution >= 4 is 55.7 Å². The summed E-state index contributed by atoms with van der Waals surface area (Å²) < 4.78 is 2.08. The third kappa shape index (κ3) is 2.66. The lowest BCUT2D eigenvalue weighted by atomic mass is 10.2. The lowest BCUT2D eigenvalue weighted by Gasteiger charge is -2.07. The monoisotopic (exact) mass is 415 g/mol. The summed E-state index contributed by atoms with van der Waals surface area (Å²) in [6.07, 6.45) is 3.75. The van der Waals surface area contributed by atoms with Gasteiger partial charge >= 0.3 is 0 Å². The minimum absolute atomic E-state index is 0.519. The number of thiophene rings is 1. The molecule has 0 saturated carbocycles. The lowest BCUT2D eigenvalue weighted by molar-refractivity contribution is 0.867. The van der Waals surface area contributed by atoms with Gasteiger partial charge in [-0.05, 0) is 46.5 Å². The standard InChI is InChI=1S/C14H11ClIN3S/c1-2-3-10-12(16)13(15)19-14(18-10)8-6-11-9(17-7-8)4-5-20-11/h4-7H,2-3H2,1H3. The van der Waals surface area contributed by atoms with Crippen molar-refractivity contribution < 1.29 is 0 Å². The molecule has 102 valence electrons. The molecule has 0 atom stereocenters. The van der Waals surface area contributed by atoms with Crippen LogP contribution in [0.4, 0.5) is 0 Å². The first-order chi connectivity index (χ1) is 9.69. The van der Waals surface area contributed by atoms with Crippen molar-refractivity contribution in [3.8, 4) is 11.4 Å². The van der Waals surface area contributed by atoms with Gasteiger partial charge in [0, 0.05) is 11.8 Å². The van der Waals surface area contributed by atoms with E-state index < -0.39 is 0 Å². The van der Waals surface area contributed by atoms with Crippen LogP contribution in [0.25, 0.3) is 21.6 Å². The molecule has 0 fully saturated rings. The zero-order valence-corrected chi connectivity index (χ0v) is 14.5. The summed E-state index contributed by atoms with van der Waals surface area (Å²) >= 11 is 10.1. The summed E-state index contributed by atoms with van der Waals surface area (Å²) in [5.74, 6) is 0.654. The molecule has 0 amide bonds. The Morgan fingerprint density at radius 2 is 2.20 bits per heavy atom. The van der Waals surface area contributed by atoms with Gasteiger partial charge in [0.15, 0.2) is 5.82 Å². The van der Waals surface area contributed by atoms with Crippen LogP contribution in [0, 0.1) is 3.57 Å². The van der Waals surface area contributed by atoms with E-state index in [0.29, 0.717) is 11.0 Å². The molecule has 3 aromatic rings. The summed E-state index contributed by atoms with van der Waals surface area (Å²) in [6, 6.07) is 4.08. The van der Waals surface area contributed by atoms with E-state index in [1.165, 1.54) is 0 Å². The van der Waals surface area contributed by atoms with Crippen molar-refractivity contribution in [2.75, 3.05) is 0 Å². The fourth-order valence-electron chi connectivity index (χ4n) is 1.96. The molecule has 0 bridgehead atoms. The summed E-state index contributed by atoms with van der Waals surface area (Å²) in [4.78, 5) is 13.5. The molecule has 3 heterocycles. The van der Waals surface area contributed by atoms with Crippen molar-refractivity contribution in [1.82, 2.24) is 15.0 Å². The maximum Gasteiger partial charge on any atom is 0.162 e. The third-order valence-electron chi connectivity index (χ3n) is 2.93. The first-order valence-electron chi connectivity index (χ1n) is 6.24. The number of aryl methyl sites for hydroxylation is 1. The number of aromatic nitrogens is 3. The van der Waals surface area contributed by atoms with Gasteiger partial charge in [-0.2, -0.15) is 0 Å². The van der Waals surface area contributed by atoms with E-state index in [-0.39, 0.29) is 0 Å². The number of hydrogen-bond donors (Lipinski definition) is 0. The number of fused-ring (bicyclic) bond motifs is 1. The lowest BCUT2D eigenvalue weighted by Crippen LogP contribution is -2.00.